The van der Waals surface area contributed by atoms with Crippen LogP contribution >= 0.6 is 0 Å². The summed E-state index contributed by atoms with van der Waals surface area (Å²) in [7, 11) is 0. The van der Waals surface area contributed by atoms with Gasteiger partial charge in [-0.25, -0.2) is 0 Å². The fourth-order valence-corrected chi connectivity index (χ4v) is 2.72. The number of rotatable bonds is 4. The summed E-state index contributed by atoms with van der Waals surface area (Å²) in [5.41, 5.74) is 1.01. The van der Waals surface area contributed by atoms with Crippen LogP contribution in [0, 0.1) is 23.0 Å². The van der Waals surface area contributed by atoms with E-state index in [-0.39, 0.29) is 29.5 Å². The Kier molecular flexibility index (Phi) is 5.54. The quantitative estimate of drug-likeness (QED) is 0.676. The molecule has 0 atom stereocenters. The molecule has 7 heteroatoms. The highest BCUT2D eigenvalue weighted by Crippen LogP contribution is 2.21. The van der Waals surface area contributed by atoms with Gasteiger partial charge in [-0.05, 0) is 25.3 Å². The van der Waals surface area contributed by atoms with Gasteiger partial charge in [0.05, 0.1) is 4.92 Å². The smallest absolute Gasteiger partial charge is 0.270 e. The Labute approximate surface area is 141 Å². The predicted molar refractivity (Wildman–Crippen MR) is 89.7 cm³/mol. The molecular formula is C17H23N3O4. The second-order valence-electron chi connectivity index (χ2n) is 6.49. The summed E-state index contributed by atoms with van der Waals surface area (Å²) in [6.07, 6.45) is 1.39. The Morgan fingerprint density at radius 3 is 2.46 bits per heavy atom. The topological polar surface area (TPSA) is 92.6 Å². The largest absolute Gasteiger partial charge is 0.353 e. The number of non-ortho nitro benzene ring substituents is 1. The Balaban J connectivity index is 2.02. The maximum Gasteiger partial charge on any atom is 0.270 e. The van der Waals surface area contributed by atoms with Crippen molar-refractivity contribution in [1.29, 1.82) is 0 Å². The van der Waals surface area contributed by atoms with Gasteiger partial charge in [-0.3, -0.25) is 19.7 Å². The summed E-state index contributed by atoms with van der Waals surface area (Å²) >= 11 is 0. The lowest BCUT2D eigenvalue weighted by Crippen LogP contribution is -2.47. The van der Waals surface area contributed by atoms with E-state index in [1.165, 1.54) is 12.1 Å². The summed E-state index contributed by atoms with van der Waals surface area (Å²) in [6.45, 7) is 6.53. The van der Waals surface area contributed by atoms with Crippen molar-refractivity contribution in [3.05, 3.63) is 39.4 Å². The molecule has 1 N–H and O–H groups in total. The molecule has 1 heterocycles. The second kappa shape index (κ2) is 7.42. The van der Waals surface area contributed by atoms with Crippen molar-refractivity contribution in [2.24, 2.45) is 5.92 Å². The number of benzene rings is 1. The van der Waals surface area contributed by atoms with E-state index in [1.807, 2.05) is 13.8 Å². The molecule has 1 fully saturated rings. The Hall–Kier alpha value is -2.44. The van der Waals surface area contributed by atoms with E-state index in [0.717, 1.165) is 5.56 Å². The van der Waals surface area contributed by atoms with E-state index in [9.17, 15) is 19.7 Å². The lowest BCUT2D eigenvalue weighted by molar-refractivity contribution is -0.384. The second-order valence-corrected chi connectivity index (χ2v) is 6.49. The first-order valence-electron chi connectivity index (χ1n) is 8.14. The molecule has 1 aromatic rings. The van der Waals surface area contributed by atoms with E-state index in [4.69, 9.17) is 0 Å². The summed E-state index contributed by atoms with van der Waals surface area (Å²) in [4.78, 5) is 36.5. The highest BCUT2D eigenvalue weighted by molar-refractivity contribution is 5.96. The molecule has 1 aliphatic rings. The van der Waals surface area contributed by atoms with E-state index >= 15 is 0 Å². The van der Waals surface area contributed by atoms with Crippen LogP contribution in [0.1, 0.15) is 42.6 Å². The number of hydrogen-bond acceptors (Lipinski definition) is 4. The Bertz CT molecular complexity index is 649. The van der Waals surface area contributed by atoms with Gasteiger partial charge in [0.25, 0.3) is 11.6 Å². The fourth-order valence-electron chi connectivity index (χ4n) is 2.72. The first-order chi connectivity index (χ1) is 11.3. The molecule has 0 spiro atoms. The number of carbonyl (C=O) groups excluding carboxylic acids is 2. The molecule has 1 aromatic carbocycles. The van der Waals surface area contributed by atoms with E-state index in [1.54, 1.807) is 17.9 Å². The van der Waals surface area contributed by atoms with Gasteiger partial charge in [-0.1, -0.05) is 19.9 Å². The number of likely N-dealkylation sites (tertiary alicyclic amines) is 1. The number of carbonyl (C=O) groups is 2. The fraction of sp³-hybridized carbons (Fsp3) is 0.529. The maximum absolute atomic E-state index is 12.6. The van der Waals surface area contributed by atoms with Gasteiger partial charge in [0.1, 0.15) is 0 Å². The number of amides is 2. The summed E-state index contributed by atoms with van der Waals surface area (Å²) in [6, 6.07) is 4.42. The average molecular weight is 333 g/mol. The number of hydrogen-bond donors (Lipinski definition) is 1. The minimum atomic E-state index is -0.496. The van der Waals surface area contributed by atoms with Crippen LogP contribution in [0.3, 0.4) is 0 Å². The molecule has 2 rings (SSSR count). The zero-order valence-electron chi connectivity index (χ0n) is 14.2. The van der Waals surface area contributed by atoms with Crippen LogP contribution < -0.4 is 5.32 Å². The summed E-state index contributed by atoms with van der Waals surface area (Å²) in [5, 5.41) is 13.9. The third-order valence-corrected chi connectivity index (χ3v) is 4.32. The van der Waals surface area contributed by atoms with E-state index in [0.29, 0.717) is 31.5 Å². The number of nitro benzene ring substituents is 1. The van der Waals surface area contributed by atoms with Crippen LogP contribution in [-0.4, -0.2) is 40.8 Å². The zero-order valence-corrected chi connectivity index (χ0v) is 14.2. The normalized spacial score (nSPS) is 15.4. The summed E-state index contributed by atoms with van der Waals surface area (Å²) in [5.74, 6) is -0.226. The Morgan fingerprint density at radius 2 is 1.92 bits per heavy atom. The molecule has 2 amide bonds. The molecule has 24 heavy (non-hydrogen) atoms. The molecule has 0 aromatic heterocycles. The molecule has 0 saturated carbocycles. The van der Waals surface area contributed by atoms with Crippen LogP contribution in [0.5, 0.6) is 0 Å². The van der Waals surface area contributed by atoms with Gasteiger partial charge in [0.15, 0.2) is 0 Å². The number of nitrogens with one attached hydrogen (secondary N) is 1. The van der Waals surface area contributed by atoms with Crippen molar-refractivity contribution >= 4 is 17.5 Å². The van der Waals surface area contributed by atoms with Crippen molar-refractivity contribution in [3.63, 3.8) is 0 Å². The number of aryl methyl sites for hydroxylation is 1. The molecule has 1 saturated heterocycles. The number of nitro groups is 1. The minimum Gasteiger partial charge on any atom is -0.353 e. The Morgan fingerprint density at radius 1 is 1.29 bits per heavy atom. The van der Waals surface area contributed by atoms with Crippen molar-refractivity contribution in [3.8, 4) is 0 Å². The highest BCUT2D eigenvalue weighted by Gasteiger charge is 2.26. The zero-order chi connectivity index (χ0) is 17.9. The molecule has 0 unspecified atom stereocenters. The molecule has 0 radical (unpaired) electrons. The van der Waals surface area contributed by atoms with Gasteiger partial charge in [0.2, 0.25) is 5.91 Å². The molecular weight excluding hydrogens is 310 g/mol. The van der Waals surface area contributed by atoms with Crippen LogP contribution in [0.2, 0.25) is 0 Å². The number of nitrogens with zero attached hydrogens (tertiary/aromatic N) is 2. The molecule has 1 aliphatic heterocycles. The van der Waals surface area contributed by atoms with Crippen molar-refractivity contribution in [1.82, 2.24) is 10.2 Å². The van der Waals surface area contributed by atoms with Gasteiger partial charge in [-0.15, -0.1) is 0 Å². The SMILES string of the molecule is Cc1ccc([N+](=O)[O-])cc1C(=O)N1CCC(NC(=O)C(C)C)CC1. The van der Waals surface area contributed by atoms with Crippen molar-refractivity contribution in [2.45, 2.75) is 39.7 Å². The predicted octanol–water partition coefficient (Wildman–Crippen LogP) is 2.28. The first kappa shape index (κ1) is 17.9. The third-order valence-electron chi connectivity index (χ3n) is 4.32. The van der Waals surface area contributed by atoms with Crippen LogP contribution in [0.15, 0.2) is 18.2 Å². The van der Waals surface area contributed by atoms with E-state index in [2.05, 4.69) is 5.32 Å². The third kappa shape index (κ3) is 4.10. The van der Waals surface area contributed by atoms with Crippen LogP contribution in [0.4, 0.5) is 5.69 Å². The maximum atomic E-state index is 12.6. The highest BCUT2D eigenvalue weighted by atomic mass is 16.6. The molecule has 0 bridgehead atoms. The van der Waals surface area contributed by atoms with Gasteiger partial charge in [0, 0.05) is 42.7 Å². The van der Waals surface area contributed by atoms with Gasteiger partial charge in [-0.2, -0.15) is 0 Å². The van der Waals surface area contributed by atoms with Gasteiger partial charge < -0.3 is 10.2 Å². The molecule has 130 valence electrons. The average Bonchev–Trinajstić information content (AvgIpc) is 2.55. The van der Waals surface area contributed by atoms with Crippen molar-refractivity contribution in [2.75, 3.05) is 13.1 Å². The summed E-state index contributed by atoms with van der Waals surface area (Å²) < 4.78 is 0. The lowest BCUT2D eigenvalue weighted by Gasteiger charge is -2.33. The number of piperidine rings is 1. The van der Waals surface area contributed by atoms with E-state index < -0.39 is 4.92 Å². The van der Waals surface area contributed by atoms with Crippen LogP contribution in [0.25, 0.3) is 0 Å². The molecule has 0 aliphatic carbocycles. The molecule has 7 nitrogen and oxygen atoms in total. The standard InChI is InChI=1S/C17H23N3O4/c1-11(2)16(21)18-13-6-8-19(9-7-13)17(22)15-10-14(20(23)24)5-4-12(15)3/h4-5,10-11,13H,6-9H2,1-3H3,(H,18,21). The lowest BCUT2D eigenvalue weighted by atomic mass is 10.0. The first-order valence-corrected chi connectivity index (χ1v) is 8.14. The monoisotopic (exact) mass is 333 g/mol. The minimum absolute atomic E-state index is 0.0225. The van der Waals surface area contributed by atoms with Crippen molar-refractivity contribution < 1.29 is 14.5 Å². The van der Waals surface area contributed by atoms with Crippen LogP contribution in [-0.2, 0) is 4.79 Å². The van der Waals surface area contributed by atoms with Gasteiger partial charge >= 0.3 is 0 Å².